The van der Waals surface area contributed by atoms with Crippen molar-refractivity contribution in [3.05, 3.63) is 40.8 Å². The van der Waals surface area contributed by atoms with E-state index in [0.717, 1.165) is 25.7 Å². The van der Waals surface area contributed by atoms with E-state index in [2.05, 4.69) is 11.6 Å². The second-order valence-electron chi connectivity index (χ2n) is 2.79. The molecule has 0 radical (unpaired) electrons. The number of nitrogens with zero attached hydrogens (tertiary/aromatic N) is 1. The van der Waals surface area contributed by atoms with E-state index < -0.39 is 0 Å². The van der Waals surface area contributed by atoms with Gasteiger partial charge in [-0.2, -0.15) is 0 Å². The highest BCUT2D eigenvalue weighted by Gasteiger charge is 2.13. The summed E-state index contributed by atoms with van der Waals surface area (Å²) in [5, 5.41) is 0.721. The number of rotatable bonds is 1. The fourth-order valence-corrected chi connectivity index (χ4v) is 3.25. The summed E-state index contributed by atoms with van der Waals surface area (Å²) in [6, 6.07) is 7.55. The lowest BCUT2D eigenvalue weighted by molar-refractivity contribution is 1.55. The van der Waals surface area contributed by atoms with Crippen LogP contribution in [-0.4, -0.2) is 10.1 Å². The van der Waals surface area contributed by atoms with Crippen LogP contribution in [0.4, 0.5) is 5.69 Å². The molecule has 2 rings (SSSR count). The monoisotopic (exact) mass is 241 g/mol. The third-order valence-corrected chi connectivity index (χ3v) is 4.17. The molecule has 1 nitrogen and oxygen atoms in total. The first kappa shape index (κ1) is 10.1. The lowest BCUT2D eigenvalue weighted by Crippen LogP contribution is -1.75. The van der Waals surface area contributed by atoms with Crippen LogP contribution in [0.1, 0.15) is 0 Å². The van der Waals surface area contributed by atoms with Crippen molar-refractivity contribution in [3.8, 4) is 0 Å². The normalized spacial score (nSPS) is 19.2. The molecule has 1 aromatic carbocycles. The molecule has 0 N–H and O–H groups in total. The molecule has 0 unspecified atom stereocenters. The zero-order valence-corrected chi connectivity index (χ0v) is 9.75. The topological polar surface area (TPSA) is 12.4 Å². The minimum absolute atomic E-state index is 0.721. The first-order valence-corrected chi connectivity index (χ1v) is 6.25. The maximum Gasteiger partial charge on any atom is 0.135 e. The molecule has 0 spiro atoms. The SMILES string of the molecule is C=C1CSC(=Nc2cccc(Cl)c2)S1. The van der Waals surface area contributed by atoms with Crippen LogP contribution in [0.25, 0.3) is 0 Å². The Hall–Kier alpha value is -0.380. The largest absolute Gasteiger partial charge is 0.235 e. The third kappa shape index (κ3) is 2.56. The van der Waals surface area contributed by atoms with Crippen LogP contribution in [0.3, 0.4) is 0 Å². The smallest absolute Gasteiger partial charge is 0.135 e. The zero-order valence-electron chi connectivity index (χ0n) is 7.37. The summed E-state index contributed by atoms with van der Waals surface area (Å²) in [7, 11) is 0. The van der Waals surface area contributed by atoms with Gasteiger partial charge in [-0.15, -0.1) is 0 Å². The number of hydrogen-bond acceptors (Lipinski definition) is 3. The maximum atomic E-state index is 5.86. The third-order valence-electron chi connectivity index (χ3n) is 1.62. The molecule has 0 saturated carbocycles. The van der Waals surface area contributed by atoms with Crippen molar-refractivity contribution >= 4 is 45.2 Å². The van der Waals surface area contributed by atoms with Gasteiger partial charge in [0.05, 0.1) is 5.69 Å². The van der Waals surface area contributed by atoms with E-state index in [0.29, 0.717) is 0 Å². The molecule has 0 aliphatic carbocycles. The Balaban J connectivity index is 2.21. The molecular weight excluding hydrogens is 234 g/mol. The Bertz CT molecular complexity index is 401. The summed E-state index contributed by atoms with van der Waals surface area (Å²) >= 11 is 9.22. The lowest BCUT2D eigenvalue weighted by Gasteiger charge is -1.95. The molecule has 1 fully saturated rings. The highest BCUT2D eigenvalue weighted by atomic mass is 35.5. The molecule has 0 aromatic heterocycles. The van der Waals surface area contributed by atoms with Crippen molar-refractivity contribution in [2.24, 2.45) is 4.99 Å². The van der Waals surface area contributed by atoms with Gasteiger partial charge in [-0.3, -0.25) is 0 Å². The molecular formula is C10H8ClNS2. The van der Waals surface area contributed by atoms with Gasteiger partial charge in [0.25, 0.3) is 0 Å². The van der Waals surface area contributed by atoms with Crippen LogP contribution in [0.15, 0.2) is 40.7 Å². The highest BCUT2D eigenvalue weighted by Crippen LogP contribution is 2.36. The van der Waals surface area contributed by atoms with Crippen molar-refractivity contribution in [1.29, 1.82) is 0 Å². The van der Waals surface area contributed by atoms with Gasteiger partial charge >= 0.3 is 0 Å². The van der Waals surface area contributed by atoms with Gasteiger partial charge in [0, 0.05) is 10.8 Å². The van der Waals surface area contributed by atoms with Gasteiger partial charge < -0.3 is 0 Å². The molecule has 1 aromatic rings. The minimum Gasteiger partial charge on any atom is -0.235 e. The molecule has 1 aliphatic heterocycles. The summed E-state index contributed by atoms with van der Waals surface area (Å²) in [6.07, 6.45) is 0. The lowest BCUT2D eigenvalue weighted by atomic mass is 10.3. The van der Waals surface area contributed by atoms with Crippen LogP contribution >= 0.6 is 35.1 Å². The Morgan fingerprint density at radius 3 is 2.93 bits per heavy atom. The summed E-state index contributed by atoms with van der Waals surface area (Å²) in [4.78, 5) is 5.63. The molecule has 0 amide bonds. The Morgan fingerprint density at radius 2 is 2.29 bits per heavy atom. The summed E-state index contributed by atoms with van der Waals surface area (Å²) in [5.74, 6) is 0.962. The summed E-state index contributed by atoms with van der Waals surface area (Å²) in [6.45, 7) is 3.90. The quantitative estimate of drug-likeness (QED) is 0.726. The molecule has 72 valence electrons. The first-order chi connectivity index (χ1) is 6.74. The van der Waals surface area contributed by atoms with E-state index >= 15 is 0 Å². The van der Waals surface area contributed by atoms with Crippen molar-refractivity contribution < 1.29 is 0 Å². The molecule has 1 heterocycles. The number of halogens is 1. The van der Waals surface area contributed by atoms with E-state index in [9.17, 15) is 0 Å². The Kier molecular flexibility index (Phi) is 3.21. The average Bonchev–Trinajstić information content (AvgIpc) is 2.51. The second-order valence-corrected chi connectivity index (χ2v) is 5.61. The molecule has 0 atom stereocenters. The van der Waals surface area contributed by atoms with Gasteiger partial charge in [0.15, 0.2) is 0 Å². The van der Waals surface area contributed by atoms with E-state index in [1.54, 1.807) is 23.5 Å². The van der Waals surface area contributed by atoms with E-state index in [4.69, 9.17) is 11.6 Å². The van der Waals surface area contributed by atoms with Crippen LogP contribution < -0.4 is 0 Å². The van der Waals surface area contributed by atoms with Crippen LogP contribution in [0.5, 0.6) is 0 Å². The number of benzene rings is 1. The van der Waals surface area contributed by atoms with E-state index in [-0.39, 0.29) is 0 Å². The van der Waals surface area contributed by atoms with Crippen LogP contribution in [0.2, 0.25) is 5.02 Å². The average molecular weight is 242 g/mol. The van der Waals surface area contributed by atoms with Gasteiger partial charge in [-0.05, 0) is 23.1 Å². The van der Waals surface area contributed by atoms with Crippen molar-refractivity contribution in [2.75, 3.05) is 5.75 Å². The van der Waals surface area contributed by atoms with Gasteiger partial charge in [0.2, 0.25) is 0 Å². The first-order valence-electron chi connectivity index (χ1n) is 4.07. The number of thioether (sulfide) groups is 2. The summed E-state index contributed by atoms with van der Waals surface area (Å²) in [5.41, 5.74) is 0.905. The second kappa shape index (κ2) is 4.43. The maximum absolute atomic E-state index is 5.86. The zero-order chi connectivity index (χ0) is 9.97. The molecule has 4 heteroatoms. The highest BCUT2D eigenvalue weighted by molar-refractivity contribution is 8.43. The van der Waals surface area contributed by atoms with Crippen molar-refractivity contribution in [3.63, 3.8) is 0 Å². The standard InChI is InChI=1S/C10H8ClNS2/c1-7-6-13-10(14-7)12-9-4-2-3-8(11)5-9/h2-5H,1,6H2. The van der Waals surface area contributed by atoms with Crippen molar-refractivity contribution in [1.82, 2.24) is 0 Å². The van der Waals surface area contributed by atoms with Gasteiger partial charge in [0.1, 0.15) is 4.38 Å². The fourth-order valence-electron chi connectivity index (χ4n) is 1.03. The number of aliphatic imine (C=N–C) groups is 1. The predicted octanol–water partition coefficient (Wildman–Crippen LogP) is 4.32. The van der Waals surface area contributed by atoms with Crippen LogP contribution in [-0.2, 0) is 0 Å². The van der Waals surface area contributed by atoms with Crippen molar-refractivity contribution in [2.45, 2.75) is 0 Å². The fraction of sp³-hybridized carbons (Fsp3) is 0.100. The Morgan fingerprint density at radius 1 is 1.43 bits per heavy atom. The summed E-state index contributed by atoms with van der Waals surface area (Å²) < 4.78 is 1.05. The molecule has 1 saturated heterocycles. The number of hydrogen-bond donors (Lipinski definition) is 0. The van der Waals surface area contributed by atoms with E-state index in [1.165, 1.54) is 0 Å². The molecule has 0 bridgehead atoms. The molecule has 14 heavy (non-hydrogen) atoms. The van der Waals surface area contributed by atoms with Gasteiger partial charge in [-0.25, -0.2) is 4.99 Å². The van der Waals surface area contributed by atoms with Gasteiger partial charge in [-0.1, -0.05) is 47.8 Å². The van der Waals surface area contributed by atoms with Crippen LogP contribution in [0, 0.1) is 0 Å². The minimum atomic E-state index is 0.721. The van der Waals surface area contributed by atoms with E-state index in [1.807, 2.05) is 24.3 Å². The molecule has 1 aliphatic rings. The Labute approximate surface area is 96.6 Å². The predicted molar refractivity (Wildman–Crippen MR) is 67.7 cm³/mol.